The average Bonchev–Trinajstić information content (AvgIpc) is 3.16. The Balaban J connectivity index is 1.95. The first kappa shape index (κ1) is 14.0. The van der Waals surface area contributed by atoms with Crippen LogP contribution in [0.2, 0.25) is 0 Å². The summed E-state index contributed by atoms with van der Waals surface area (Å²) in [6.45, 7) is 2.05. The van der Waals surface area contributed by atoms with E-state index in [9.17, 15) is 0 Å². The number of nitrogens with zero attached hydrogens (tertiary/aromatic N) is 4. The molecule has 4 aromatic carbocycles. The molecule has 0 fully saturated rings. The first-order valence-corrected chi connectivity index (χ1v) is 9.17. The fraction of sp³-hybridized carbons (Fsp3) is 0.0476. The van der Waals surface area contributed by atoms with Crippen molar-refractivity contribution < 1.29 is 0 Å². The minimum absolute atomic E-state index is 0.871. The van der Waals surface area contributed by atoms with Gasteiger partial charge < -0.3 is 0 Å². The van der Waals surface area contributed by atoms with Crippen molar-refractivity contribution in [1.29, 1.82) is 0 Å². The van der Waals surface area contributed by atoms with E-state index in [0.717, 1.165) is 49.4 Å². The first-order valence-electron chi connectivity index (χ1n) is 8.44. The van der Waals surface area contributed by atoms with Crippen LogP contribution in [-0.4, -0.2) is 18.7 Å². The van der Waals surface area contributed by atoms with Gasteiger partial charge in [-0.1, -0.05) is 48.5 Å². The second-order valence-electron chi connectivity index (χ2n) is 6.51. The van der Waals surface area contributed by atoms with Gasteiger partial charge in [0, 0.05) is 16.3 Å². The van der Waals surface area contributed by atoms with E-state index in [1.165, 1.54) is 22.5 Å². The van der Waals surface area contributed by atoms with Crippen molar-refractivity contribution in [3.8, 4) is 0 Å². The zero-order valence-electron chi connectivity index (χ0n) is 13.9. The Hall–Kier alpha value is -3.18. The molecule has 6 rings (SSSR count). The summed E-state index contributed by atoms with van der Waals surface area (Å²) in [4.78, 5) is 10.1. The third kappa shape index (κ3) is 1.73. The number of hydrogen-bond acceptors (Lipinski definition) is 5. The van der Waals surface area contributed by atoms with Gasteiger partial charge in [-0.3, -0.25) is 0 Å². The molecule has 0 spiro atoms. The third-order valence-electron chi connectivity index (χ3n) is 5.08. The fourth-order valence-electron chi connectivity index (χ4n) is 3.84. The van der Waals surface area contributed by atoms with E-state index in [-0.39, 0.29) is 0 Å². The van der Waals surface area contributed by atoms with Crippen LogP contribution in [0.3, 0.4) is 0 Å². The molecular weight excluding hydrogens is 340 g/mol. The van der Waals surface area contributed by atoms with Gasteiger partial charge in [0.1, 0.15) is 11.0 Å². The Morgan fingerprint density at radius 3 is 1.92 bits per heavy atom. The molecule has 6 aromatic rings. The van der Waals surface area contributed by atoms with Gasteiger partial charge in [0.15, 0.2) is 0 Å². The highest BCUT2D eigenvalue weighted by atomic mass is 32.1. The molecule has 0 unspecified atom stereocenters. The Morgan fingerprint density at radius 2 is 1.23 bits per heavy atom. The molecule has 122 valence electrons. The molecule has 2 heterocycles. The zero-order valence-corrected chi connectivity index (χ0v) is 14.7. The standard InChI is InChI=1S/C21H12N4S/c1-11-18-16(10-17-19(11)25-26-24-17)22-20-14-8-4-2-6-12(14)13-7-3-5-9-15(13)21(20)23-18/h2-10H,1H3. The van der Waals surface area contributed by atoms with Crippen molar-refractivity contribution >= 4 is 66.4 Å². The Morgan fingerprint density at radius 1 is 0.615 bits per heavy atom. The van der Waals surface area contributed by atoms with E-state index < -0.39 is 0 Å². The number of fused-ring (bicyclic) bond motifs is 8. The zero-order chi connectivity index (χ0) is 17.3. The summed E-state index contributed by atoms with van der Waals surface area (Å²) in [5.74, 6) is 0. The maximum atomic E-state index is 5.06. The molecule has 4 nitrogen and oxygen atoms in total. The Bertz CT molecular complexity index is 1500. The van der Waals surface area contributed by atoms with Gasteiger partial charge in [0.05, 0.1) is 33.8 Å². The van der Waals surface area contributed by atoms with Crippen LogP contribution in [0.25, 0.3) is 54.6 Å². The second-order valence-corrected chi connectivity index (χ2v) is 7.04. The molecular formula is C21H12N4S. The van der Waals surface area contributed by atoms with Gasteiger partial charge in [0.2, 0.25) is 0 Å². The van der Waals surface area contributed by atoms with Crippen molar-refractivity contribution in [2.75, 3.05) is 0 Å². The summed E-state index contributed by atoms with van der Waals surface area (Å²) in [7, 11) is 0. The lowest BCUT2D eigenvalue weighted by molar-refractivity contribution is 1.38. The third-order valence-corrected chi connectivity index (χ3v) is 5.62. The molecule has 0 aliphatic heterocycles. The van der Waals surface area contributed by atoms with E-state index >= 15 is 0 Å². The van der Waals surface area contributed by atoms with Crippen LogP contribution < -0.4 is 0 Å². The van der Waals surface area contributed by atoms with Crippen LogP contribution in [0.1, 0.15) is 5.56 Å². The van der Waals surface area contributed by atoms with Crippen molar-refractivity contribution in [2.45, 2.75) is 6.92 Å². The lowest BCUT2D eigenvalue weighted by Crippen LogP contribution is -1.94. The second kappa shape index (κ2) is 4.93. The molecule has 0 saturated carbocycles. The molecule has 0 saturated heterocycles. The number of rotatable bonds is 0. The fourth-order valence-corrected chi connectivity index (χ4v) is 4.42. The normalized spacial score (nSPS) is 12.0. The van der Waals surface area contributed by atoms with Crippen molar-refractivity contribution in [3.05, 3.63) is 60.2 Å². The minimum Gasteiger partial charge on any atom is -0.244 e. The van der Waals surface area contributed by atoms with Crippen LogP contribution in [-0.2, 0) is 0 Å². The number of hydrogen-bond donors (Lipinski definition) is 0. The summed E-state index contributed by atoms with van der Waals surface area (Å²) in [6, 6.07) is 18.8. The van der Waals surface area contributed by atoms with Crippen LogP contribution in [0.15, 0.2) is 54.6 Å². The topological polar surface area (TPSA) is 51.6 Å². The summed E-state index contributed by atoms with van der Waals surface area (Å²) >= 11 is 1.23. The lowest BCUT2D eigenvalue weighted by Gasteiger charge is -2.10. The van der Waals surface area contributed by atoms with E-state index in [1.807, 2.05) is 6.07 Å². The van der Waals surface area contributed by atoms with E-state index in [4.69, 9.17) is 9.97 Å². The maximum Gasteiger partial charge on any atom is 0.110 e. The summed E-state index contributed by atoms with van der Waals surface area (Å²) < 4.78 is 8.81. The quantitative estimate of drug-likeness (QED) is 0.271. The van der Waals surface area contributed by atoms with E-state index in [0.29, 0.717) is 0 Å². The average molecular weight is 352 g/mol. The Labute approximate surface area is 152 Å². The molecule has 0 amide bonds. The monoisotopic (exact) mass is 352 g/mol. The molecule has 0 aliphatic carbocycles. The van der Waals surface area contributed by atoms with Gasteiger partial charge in [0.25, 0.3) is 0 Å². The van der Waals surface area contributed by atoms with Crippen molar-refractivity contribution in [3.63, 3.8) is 0 Å². The van der Waals surface area contributed by atoms with E-state index in [1.54, 1.807) is 0 Å². The molecule has 0 atom stereocenters. The number of aryl methyl sites for hydroxylation is 1. The molecule has 0 radical (unpaired) electrons. The van der Waals surface area contributed by atoms with Crippen molar-refractivity contribution in [1.82, 2.24) is 18.7 Å². The maximum absolute atomic E-state index is 5.06. The smallest absolute Gasteiger partial charge is 0.110 e. The molecule has 2 aromatic heterocycles. The minimum atomic E-state index is 0.871. The largest absolute Gasteiger partial charge is 0.244 e. The highest BCUT2D eigenvalue weighted by Gasteiger charge is 2.15. The molecule has 26 heavy (non-hydrogen) atoms. The SMILES string of the molecule is Cc1c2nsnc2cc2nc3c4ccccc4c4ccccc4c3nc12. The van der Waals surface area contributed by atoms with Gasteiger partial charge in [-0.25, -0.2) is 9.97 Å². The van der Waals surface area contributed by atoms with Crippen LogP contribution in [0.4, 0.5) is 0 Å². The van der Waals surface area contributed by atoms with Crippen LogP contribution in [0.5, 0.6) is 0 Å². The van der Waals surface area contributed by atoms with Crippen LogP contribution in [0, 0.1) is 6.92 Å². The highest BCUT2D eigenvalue weighted by Crippen LogP contribution is 2.35. The van der Waals surface area contributed by atoms with Gasteiger partial charge in [-0.2, -0.15) is 8.75 Å². The summed E-state index contributed by atoms with van der Waals surface area (Å²) in [5, 5.41) is 4.67. The lowest BCUT2D eigenvalue weighted by atomic mass is 9.99. The molecule has 0 N–H and O–H groups in total. The highest BCUT2D eigenvalue weighted by molar-refractivity contribution is 7.00. The number of aromatic nitrogens is 4. The van der Waals surface area contributed by atoms with Gasteiger partial charge >= 0.3 is 0 Å². The van der Waals surface area contributed by atoms with E-state index in [2.05, 4.69) is 64.2 Å². The number of benzene rings is 4. The predicted octanol–water partition coefficient (Wildman–Crippen LogP) is 5.40. The predicted molar refractivity (Wildman–Crippen MR) is 108 cm³/mol. The van der Waals surface area contributed by atoms with Gasteiger partial charge in [-0.05, 0) is 23.8 Å². The first-order chi connectivity index (χ1) is 12.8. The molecule has 0 aliphatic rings. The van der Waals surface area contributed by atoms with Gasteiger partial charge in [-0.15, -0.1) is 0 Å². The Kier molecular flexibility index (Phi) is 2.66. The molecule has 0 bridgehead atoms. The summed E-state index contributed by atoms with van der Waals surface area (Å²) in [6.07, 6.45) is 0. The molecule has 5 heteroatoms. The van der Waals surface area contributed by atoms with Crippen LogP contribution >= 0.6 is 11.7 Å². The van der Waals surface area contributed by atoms with Crippen molar-refractivity contribution in [2.24, 2.45) is 0 Å². The summed E-state index contributed by atoms with van der Waals surface area (Å²) in [5.41, 5.74) is 6.50.